The molecule has 2 fully saturated rings. The van der Waals surface area contributed by atoms with E-state index in [0.717, 1.165) is 19.3 Å². The molecule has 0 N–H and O–H groups in total. The van der Waals surface area contributed by atoms with E-state index >= 15 is 0 Å². The lowest BCUT2D eigenvalue weighted by molar-refractivity contribution is -0.152. The third-order valence-electron chi connectivity index (χ3n) is 4.28. The summed E-state index contributed by atoms with van der Waals surface area (Å²) in [6.07, 6.45) is 6.35. The maximum absolute atomic E-state index is 11.7. The van der Waals surface area contributed by atoms with E-state index in [-0.39, 0.29) is 12.1 Å². The van der Waals surface area contributed by atoms with Crippen LogP contribution >= 0.6 is 0 Å². The summed E-state index contributed by atoms with van der Waals surface area (Å²) in [7, 11) is 2.21. The van der Waals surface area contributed by atoms with Gasteiger partial charge >= 0.3 is 5.97 Å². The number of nitrogens with zero attached hydrogens (tertiary/aromatic N) is 1. The molecule has 2 rings (SSSR count). The van der Waals surface area contributed by atoms with Crippen LogP contribution in [0.3, 0.4) is 0 Å². The lowest BCUT2D eigenvalue weighted by Crippen LogP contribution is -2.43. The second kappa shape index (κ2) is 5.38. The Hall–Kier alpha value is -0.570. The number of ether oxygens (including phenoxy) is 1. The SMILES string of the molecule is CC(C)CCC(=O)OC1CC2CCC(C1)N2C. The van der Waals surface area contributed by atoms with E-state index in [1.165, 1.54) is 12.8 Å². The second-order valence-corrected chi connectivity index (χ2v) is 6.07. The van der Waals surface area contributed by atoms with E-state index in [1.54, 1.807) is 0 Å². The molecule has 2 saturated heterocycles. The number of hydrogen-bond donors (Lipinski definition) is 0. The van der Waals surface area contributed by atoms with Gasteiger partial charge in [-0.1, -0.05) is 13.8 Å². The van der Waals surface area contributed by atoms with Crippen molar-refractivity contribution in [3.63, 3.8) is 0 Å². The van der Waals surface area contributed by atoms with Crippen LogP contribution in [0.1, 0.15) is 52.4 Å². The standard InChI is InChI=1S/C14H25NO2/c1-10(2)4-7-14(16)17-13-8-11-5-6-12(9-13)15(11)3/h10-13H,4-9H2,1-3H3. The minimum absolute atomic E-state index is 0.00709. The minimum atomic E-state index is 0.00709. The molecule has 2 heterocycles. The molecule has 98 valence electrons. The molecule has 2 atom stereocenters. The lowest BCUT2D eigenvalue weighted by atomic mass is 10.0. The molecule has 0 aromatic rings. The molecule has 17 heavy (non-hydrogen) atoms. The van der Waals surface area contributed by atoms with Crippen molar-refractivity contribution in [1.29, 1.82) is 0 Å². The molecular weight excluding hydrogens is 214 g/mol. The van der Waals surface area contributed by atoms with Gasteiger partial charge in [-0.05, 0) is 45.1 Å². The summed E-state index contributed by atoms with van der Waals surface area (Å²) >= 11 is 0. The summed E-state index contributed by atoms with van der Waals surface area (Å²) in [6, 6.07) is 1.30. The monoisotopic (exact) mass is 239 g/mol. The first kappa shape index (κ1) is 12.9. The van der Waals surface area contributed by atoms with Gasteiger partial charge in [0.05, 0.1) is 0 Å². The van der Waals surface area contributed by atoms with Crippen LogP contribution in [0.2, 0.25) is 0 Å². The van der Waals surface area contributed by atoms with Crippen molar-refractivity contribution in [2.45, 2.75) is 70.6 Å². The van der Waals surface area contributed by atoms with Crippen molar-refractivity contribution >= 4 is 5.97 Å². The first-order valence-electron chi connectivity index (χ1n) is 6.97. The quantitative estimate of drug-likeness (QED) is 0.706. The zero-order valence-electron chi connectivity index (χ0n) is 11.3. The van der Waals surface area contributed by atoms with Crippen LogP contribution in [0, 0.1) is 5.92 Å². The Bertz CT molecular complexity index is 263. The summed E-state index contributed by atoms with van der Waals surface area (Å²) in [5, 5.41) is 0. The summed E-state index contributed by atoms with van der Waals surface area (Å²) in [6.45, 7) is 4.28. The van der Waals surface area contributed by atoms with E-state index in [0.29, 0.717) is 24.4 Å². The molecule has 0 amide bonds. The van der Waals surface area contributed by atoms with E-state index in [9.17, 15) is 4.79 Å². The van der Waals surface area contributed by atoms with Crippen LogP contribution in [0.5, 0.6) is 0 Å². The van der Waals surface area contributed by atoms with Gasteiger partial charge in [-0.3, -0.25) is 4.79 Å². The third kappa shape index (κ3) is 3.21. The number of carbonyl (C=O) groups is 1. The van der Waals surface area contributed by atoms with Crippen LogP contribution in [0.4, 0.5) is 0 Å². The maximum atomic E-state index is 11.7. The van der Waals surface area contributed by atoms with Gasteiger partial charge in [0, 0.05) is 18.5 Å². The fraction of sp³-hybridized carbons (Fsp3) is 0.929. The van der Waals surface area contributed by atoms with Crippen molar-refractivity contribution in [2.75, 3.05) is 7.05 Å². The van der Waals surface area contributed by atoms with Crippen LogP contribution in [-0.2, 0) is 9.53 Å². The van der Waals surface area contributed by atoms with Gasteiger partial charge < -0.3 is 9.64 Å². The van der Waals surface area contributed by atoms with Crippen LogP contribution in [0.15, 0.2) is 0 Å². The van der Waals surface area contributed by atoms with Crippen molar-refractivity contribution in [1.82, 2.24) is 4.90 Å². The predicted octanol–water partition coefficient (Wildman–Crippen LogP) is 2.59. The molecule has 0 aliphatic carbocycles. The number of hydrogen-bond acceptors (Lipinski definition) is 3. The second-order valence-electron chi connectivity index (χ2n) is 6.07. The van der Waals surface area contributed by atoms with Crippen LogP contribution in [0.25, 0.3) is 0 Å². The largest absolute Gasteiger partial charge is 0.462 e. The highest BCUT2D eigenvalue weighted by atomic mass is 16.5. The normalized spacial score (nSPS) is 33.1. The highest BCUT2D eigenvalue weighted by Crippen LogP contribution is 2.35. The zero-order valence-corrected chi connectivity index (χ0v) is 11.3. The van der Waals surface area contributed by atoms with Gasteiger partial charge in [-0.15, -0.1) is 0 Å². The molecule has 2 unspecified atom stereocenters. The first-order chi connectivity index (χ1) is 8.06. The Balaban J connectivity index is 1.75. The number of fused-ring (bicyclic) bond motifs is 2. The molecule has 2 bridgehead atoms. The van der Waals surface area contributed by atoms with Crippen LogP contribution < -0.4 is 0 Å². The first-order valence-corrected chi connectivity index (χ1v) is 6.97. The average Bonchev–Trinajstić information content (AvgIpc) is 2.52. The lowest BCUT2D eigenvalue weighted by Gasteiger charge is -2.35. The molecule has 0 spiro atoms. The number of carbonyl (C=O) groups excluding carboxylic acids is 1. The average molecular weight is 239 g/mol. The summed E-state index contributed by atoms with van der Waals surface area (Å²) in [4.78, 5) is 14.2. The smallest absolute Gasteiger partial charge is 0.306 e. The van der Waals surface area contributed by atoms with E-state index in [2.05, 4.69) is 25.8 Å². The number of rotatable bonds is 4. The third-order valence-corrected chi connectivity index (χ3v) is 4.28. The Morgan fingerprint density at radius 2 is 1.88 bits per heavy atom. The molecule has 0 aromatic heterocycles. The highest BCUT2D eigenvalue weighted by molar-refractivity contribution is 5.69. The van der Waals surface area contributed by atoms with Crippen molar-refractivity contribution in [2.24, 2.45) is 5.92 Å². The Kier molecular flexibility index (Phi) is 4.08. The molecule has 2 aliphatic heterocycles. The summed E-state index contributed by atoms with van der Waals surface area (Å²) in [5.74, 6) is 0.587. The van der Waals surface area contributed by atoms with Crippen LogP contribution in [-0.4, -0.2) is 36.1 Å². The maximum Gasteiger partial charge on any atom is 0.306 e. The number of piperidine rings is 1. The Labute approximate surface area is 105 Å². The van der Waals surface area contributed by atoms with E-state index < -0.39 is 0 Å². The Morgan fingerprint density at radius 3 is 2.41 bits per heavy atom. The molecule has 3 nitrogen and oxygen atoms in total. The van der Waals surface area contributed by atoms with E-state index in [1.807, 2.05) is 0 Å². The van der Waals surface area contributed by atoms with Gasteiger partial charge in [0.1, 0.15) is 6.10 Å². The van der Waals surface area contributed by atoms with E-state index in [4.69, 9.17) is 4.74 Å². The Morgan fingerprint density at radius 1 is 1.29 bits per heavy atom. The van der Waals surface area contributed by atoms with Crippen molar-refractivity contribution in [3.05, 3.63) is 0 Å². The number of esters is 1. The topological polar surface area (TPSA) is 29.5 Å². The molecule has 0 saturated carbocycles. The molecule has 2 aliphatic rings. The molecule has 0 aromatic carbocycles. The fourth-order valence-electron chi connectivity index (χ4n) is 3.11. The van der Waals surface area contributed by atoms with Crippen molar-refractivity contribution in [3.8, 4) is 0 Å². The zero-order chi connectivity index (χ0) is 12.4. The van der Waals surface area contributed by atoms with Gasteiger partial charge in [0.2, 0.25) is 0 Å². The summed E-state index contributed by atoms with van der Waals surface area (Å²) in [5.41, 5.74) is 0. The van der Waals surface area contributed by atoms with Gasteiger partial charge in [-0.25, -0.2) is 0 Å². The molecule has 3 heteroatoms. The molecular formula is C14H25NO2. The molecule has 0 radical (unpaired) electrons. The highest BCUT2D eigenvalue weighted by Gasteiger charge is 2.39. The summed E-state index contributed by atoms with van der Waals surface area (Å²) < 4.78 is 5.61. The fourth-order valence-corrected chi connectivity index (χ4v) is 3.11. The van der Waals surface area contributed by atoms with Gasteiger partial charge in [-0.2, -0.15) is 0 Å². The van der Waals surface area contributed by atoms with Gasteiger partial charge in [0.15, 0.2) is 0 Å². The predicted molar refractivity (Wildman–Crippen MR) is 67.8 cm³/mol. The minimum Gasteiger partial charge on any atom is -0.462 e. The van der Waals surface area contributed by atoms with Crippen molar-refractivity contribution < 1.29 is 9.53 Å². The van der Waals surface area contributed by atoms with Gasteiger partial charge in [0.25, 0.3) is 0 Å².